The van der Waals surface area contributed by atoms with Crippen molar-refractivity contribution in [2.45, 2.75) is 39.2 Å². The van der Waals surface area contributed by atoms with Gasteiger partial charge >= 0.3 is 0 Å². The normalized spacial score (nSPS) is 14.6. The van der Waals surface area contributed by atoms with Crippen molar-refractivity contribution >= 4 is 11.6 Å². The van der Waals surface area contributed by atoms with Crippen LogP contribution in [0.5, 0.6) is 0 Å². The molecule has 19 heavy (non-hydrogen) atoms. The fourth-order valence-electron chi connectivity index (χ4n) is 2.42. The Morgan fingerprint density at radius 1 is 1.47 bits per heavy atom. The first-order chi connectivity index (χ1) is 9.03. The lowest BCUT2D eigenvalue weighted by molar-refractivity contribution is 0.149. The van der Waals surface area contributed by atoms with Crippen molar-refractivity contribution in [3.63, 3.8) is 0 Å². The maximum Gasteiger partial charge on any atom is 0.0850 e. The maximum atomic E-state index is 6.39. The largest absolute Gasteiger partial charge is 0.384 e. The molecule has 2 unspecified atom stereocenters. The summed E-state index contributed by atoms with van der Waals surface area (Å²) in [6.45, 7) is 5.07. The molecule has 1 aromatic rings. The minimum Gasteiger partial charge on any atom is -0.384 e. The number of aryl methyl sites for hydroxylation is 2. The van der Waals surface area contributed by atoms with E-state index >= 15 is 0 Å². The second kappa shape index (κ2) is 7.88. The van der Waals surface area contributed by atoms with Crippen molar-refractivity contribution < 1.29 is 4.74 Å². The molecule has 0 aliphatic carbocycles. The molecule has 0 amide bonds. The second-order valence-corrected chi connectivity index (χ2v) is 5.55. The van der Waals surface area contributed by atoms with Gasteiger partial charge in [-0.05, 0) is 25.8 Å². The summed E-state index contributed by atoms with van der Waals surface area (Å²) in [6.07, 6.45) is 2.83. The molecule has 0 aromatic carbocycles. The van der Waals surface area contributed by atoms with Crippen LogP contribution in [0.25, 0.3) is 0 Å². The third-order valence-corrected chi connectivity index (χ3v) is 3.93. The van der Waals surface area contributed by atoms with Crippen molar-refractivity contribution in [2.24, 2.45) is 13.0 Å². The number of aromatic nitrogens is 2. The fourth-order valence-corrected chi connectivity index (χ4v) is 2.79. The van der Waals surface area contributed by atoms with Gasteiger partial charge in [0, 0.05) is 33.2 Å². The van der Waals surface area contributed by atoms with Crippen molar-refractivity contribution in [3.05, 3.63) is 16.4 Å². The first kappa shape index (κ1) is 16.5. The minimum atomic E-state index is 0.391. The van der Waals surface area contributed by atoms with Crippen LogP contribution in [-0.4, -0.2) is 36.6 Å². The third-order valence-electron chi connectivity index (χ3n) is 3.49. The van der Waals surface area contributed by atoms with E-state index in [1.807, 2.05) is 18.8 Å². The summed E-state index contributed by atoms with van der Waals surface area (Å²) in [5.74, 6) is 0.528. The van der Waals surface area contributed by atoms with Crippen LogP contribution in [0.4, 0.5) is 0 Å². The van der Waals surface area contributed by atoms with Crippen LogP contribution in [0, 0.1) is 5.92 Å². The Bertz CT molecular complexity index is 392. The molecule has 0 aliphatic heterocycles. The van der Waals surface area contributed by atoms with Crippen LogP contribution in [0.15, 0.2) is 0 Å². The SMILES string of the molecule is CCc1nn(C)c(CC(CC(C)COC)NC)c1Cl. The Hall–Kier alpha value is -0.580. The Morgan fingerprint density at radius 2 is 2.16 bits per heavy atom. The summed E-state index contributed by atoms with van der Waals surface area (Å²) >= 11 is 6.39. The van der Waals surface area contributed by atoms with Crippen molar-refractivity contribution in [2.75, 3.05) is 20.8 Å². The second-order valence-electron chi connectivity index (χ2n) is 5.17. The number of rotatable bonds is 8. The van der Waals surface area contributed by atoms with E-state index in [1.165, 1.54) is 0 Å². The van der Waals surface area contributed by atoms with E-state index in [9.17, 15) is 0 Å². The van der Waals surface area contributed by atoms with Crippen LogP contribution in [-0.2, 0) is 24.6 Å². The van der Waals surface area contributed by atoms with E-state index in [2.05, 4.69) is 24.3 Å². The van der Waals surface area contributed by atoms with E-state index < -0.39 is 0 Å². The molecule has 0 saturated heterocycles. The predicted octanol–water partition coefficient (Wildman–Crippen LogP) is 2.44. The first-order valence-electron chi connectivity index (χ1n) is 6.89. The van der Waals surface area contributed by atoms with Crippen LogP contribution in [0.3, 0.4) is 0 Å². The lowest BCUT2D eigenvalue weighted by Crippen LogP contribution is -2.31. The third kappa shape index (κ3) is 4.48. The molecule has 2 atom stereocenters. The van der Waals surface area contributed by atoms with Gasteiger partial charge in [-0.1, -0.05) is 25.4 Å². The number of hydrogen-bond acceptors (Lipinski definition) is 3. The van der Waals surface area contributed by atoms with E-state index in [-0.39, 0.29) is 0 Å². The Balaban J connectivity index is 2.73. The minimum absolute atomic E-state index is 0.391. The summed E-state index contributed by atoms with van der Waals surface area (Å²) in [6, 6.07) is 0.391. The number of ether oxygens (including phenoxy) is 1. The topological polar surface area (TPSA) is 39.1 Å². The van der Waals surface area contributed by atoms with Crippen LogP contribution >= 0.6 is 11.6 Å². The molecular weight excluding hydrogens is 262 g/mol. The highest BCUT2D eigenvalue weighted by molar-refractivity contribution is 6.31. The van der Waals surface area contributed by atoms with Crippen molar-refractivity contribution in [3.8, 4) is 0 Å². The lowest BCUT2D eigenvalue weighted by Gasteiger charge is -2.20. The predicted molar refractivity (Wildman–Crippen MR) is 79.8 cm³/mol. The molecule has 1 N–H and O–H groups in total. The summed E-state index contributed by atoms with van der Waals surface area (Å²) in [7, 11) is 5.71. The average molecular weight is 288 g/mol. The molecule has 1 aromatic heterocycles. The molecule has 0 spiro atoms. The molecule has 110 valence electrons. The number of likely N-dealkylation sites (N-methyl/N-ethyl adjacent to an activating group) is 1. The van der Waals surface area contributed by atoms with Crippen molar-refractivity contribution in [1.82, 2.24) is 15.1 Å². The number of nitrogens with zero attached hydrogens (tertiary/aromatic N) is 2. The summed E-state index contributed by atoms with van der Waals surface area (Å²) < 4.78 is 7.11. The molecule has 5 heteroatoms. The number of nitrogens with one attached hydrogen (secondary N) is 1. The van der Waals surface area contributed by atoms with Gasteiger partial charge in [0.25, 0.3) is 0 Å². The molecule has 0 radical (unpaired) electrons. The van der Waals surface area contributed by atoms with Gasteiger partial charge in [-0.2, -0.15) is 5.10 Å². The summed E-state index contributed by atoms with van der Waals surface area (Å²) in [5.41, 5.74) is 2.10. The highest BCUT2D eigenvalue weighted by atomic mass is 35.5. The van der Waals surface area contributed by atoms with E-state index in [0.29, 0.717) is 12.0 Å². The summed E-state index contributed by atoms with van der Waals surface area (Å²) in [5, 5.41) is 8.65. The molecule has 0 saturated carbocycles. The Morgan fingerprint density at radius 3 is 2.63 bits per heavy atom. The molecule has 4 nitrogen and oxygen atoms in total. The molecule has 0 fully saturated rings. The number of halogens is 1. The first-order valence-corrected chi connectivity index (χ1v) is 7.27. The smallest absolute Gasteiger partial charge is 0.0850 e. The monoisotopic (exact) mass is 287 g/mol. The average Bonchev–Trinajstić information content (AvgIpc) is 2.65. The molecule has 1 rings (SSSR count). The van der Waals surface area contributed by atoms with Gasteiger partial charge in [-0.25, -0.2) is 0 Å². The van der Waals surface area contributed by atoms with E-state index in [1.54, 1.807) is 7.11 Å². The van der Waals surface area contributed by atoms with Crippen LogP contribution < -0.4 is 5.32 Å². The molecule has 1 heterocycles. The van der Waals surface area contributed by atoms with E-state index in [0.717, 1.165) is 42.3 Å². The quantitative estimate of drug-likeness (QED) is 0.798. The Kier molecular flexibility index (Phi) is 6.83. The molecule has 0 aliphatic rings. The lowest BCUT2D eigenvalue weighted by atomic mass is 9.98. The zero-order chi connectivity index (χ0) is 14.4. The highest BCUT2D eigenvalue weighted by Crippen LogP contribution is 2.23. The number of methoxy groups -OCH3 is 1. The summed E-state index contributed by atoms with van der Waals surface area (Å²) in [4.78, 5) is 0. The van der Waals surface area contributed by atoms with Gasteiger partial charge in [0.2, 0.25) is 0 Å². The van der Waals surface area contributed by atoms with E-state index in [4.69, 9.17) is 16.3 Å². The van der Waals surface area contributed by atoms with Crippen LogP contribution in [0.1, 0.15) is 31.7 Å². The standard InChI is InChI=1S/C14H26ClN3O/c1-6-12-14(15)13(18(4)17-12)8-11(16-3)7-10(2)9-19-5/h10-11,16H,6-9H2,1-5H3. The van der Waals surface area contributed by atoms with Gasteiger partial charge in [0.1, 0.15) is 0 Å². The van der Waals surface area contributed by atoms with Gasteiger partial charge in [0.05, 0.1) is 16.4 Å². The zero-order valence-corrected chi connectivity index (χ0v) is 13.4. The molecule has 0 bridgehead atoms. The van der Waals surface area contributed by atoms with Gasteiger partial charge < -0.3 is 10.1 Å². The van der Waals surface area contributed by atoms with Gasteiger partial charge in [0.15, 0.2) is 0 Å². The Labute approximate surface area is 121 Å². The number of hydrogen-bond donors (Lipinski definition) is 1. The zero-order valence-electron chi connectivity index (χ0n) is 12.7. The van der Waals surface area contributed by atoms with Gasteiger partial charge in [-0.3, -0.25) is 4.68 Å². The fraction of sp³-hybridized carbons (Fsp3) is 0.786. The van der Waals surface area contributed by atoms with Crippen LogP contribution in [0.2, 0.25) is 5.02 Å². The highest BCUT2D eigenvalue weighted by Gasteiger charge is 2.18. The van der Waals surface area contributed by atoms with Crippen molar-refractivity contribution in [1.29, 1.82) is 0 Å². The van der Waals surface area contributed by atoms with Gasteiger partial charge in [-0.15, -0.1) is 0 Å². The molecular formula is C14H26ClN3O. The maximum absolute atomic E-state index is 6.39.